The smallest absolute Gasteiger partial charge is 0.245 e. The molecule has 2 aromatic carbocycles. The SMILES string of the molecule is O=C(CCl)N1CCN(S(=O)(=O)c2ccccc2)C1c1ccccc1. The Kier molecular flexibility index (Phi) is 4.89. The third-order valence-electron chi connectivity index (χ3n) is 4.01. The maximum absolute atomic E-state index is 13.0. The molecule has 1 atom stereocenters. The summed E-state index contributed by atoms with van der Waals surface area (Å²) in [5.74, 6) is -0.459. The second-order valence-electron chi connectivity index (χ2n) is 5.43. The molecule has 1 unspecified atom stereocenters. The van der Waals surface area contributed by atoms with Gasteiger partial charge in [0, 0.05) is 13.1 Å². The van der Waals surface area contributed by atoms with Crippen molar-refractivity contribution in [3.8, 4) is 0 Å². The van der Waals surface area contributed by atoms with Gasteiger partial charge in [0.05, 0.1) is 4.90 Å². The number of halogens is 1. The minimum Gasteiger partial charge on any atom is -0.319 e. The molecule has 0 aliphatic carbocycles. The van der Waals surface area contributed by atoms with Crippen LogP contribution in [0, 0.1) is 0 Å². The number of hydrogen-bond acceptors (Lipinski definition) is 3. The maximum Gasteiger partial charge on any atom is 0.245 e. The Balaban J connectivity index is 2.05. The normalized spacial score (nSPS) is 18.7. The third-order valence-corrected chi connectivity index (χ3v) is 6.11. The number of carbonyl (C=O) groups is 1. The number of nitrogens with zero attached hydrogens (tertiary/aromatic N) is 2. The van der Waals surface area contributed by atoms with Gasteiger partial charge in [-0.1, -0.05) is 48.5 Å². The summed E-state index contributed by atoms with van der Waals surface area (Å²) in [5, 5.41) is 0. The van der Waals surface area contributed by atoms with Crippen LogP contribution >= 0.6 is 11.6 Å². The fourth-order valence-electron chi connectivity index (χ4n) is 2.90. The van der Waals surface area contributed by atoms with Crippen LogP contribution in [0.2, 0.25) is 0 Å². The van der Waals surface area contributed by atoms with Crippen LogP contribution in [0.25, 0.3) is 0 Å². The van der Waals surface area contributed by atoms with Crippen LogP contribution in [0.15, 0.2) is 65.6 Å². The standard InChI is InChI=1S/C17H17ClN2O3S/c18-13-16(21)19-11-12-20(17(19)14-7-3-1-4-8-14)24(22,23)15-9-5-2-6-10-15/h1-10,17H,11-13H2. The second-order valence-corrected chi connectivity index (χ2v) is 7.59. The van der Waals surface area contributed by atoms with Crippen LogP contribution in [-0.2, 0) is 14.8 Å². The fraction of sp³-hybridized carbons (Fsp3) is 0.235. The first-order valence-electron chi connectivity index (χ1n) is 7.53. The topological polar surface area (TPSA) is 57.7 Å². The Morgan fingerprint density at radius 2 is 1.58 bits per heavy atom. The monoisotopic (exact) mass is 364 g/mol. The van der Waals surface area contributed by atoms with Gasteiger partial charge in [-0.05, 0) is 17.7 Å². The molecule has 0 saturated carbocycles. The van der Waals surface area contributed by atoms with Gasteiger partial charge in [0.2, 0.25) is 15.9 Å². The minimum absolute atomic E-state index is 0.178. The zero-order valence-electron chi connectivity index (χ0n) is 12.9. The summed E-state index contributed by atoms with van der Waals surface area (Å²) in [4.78, 5) is 13.9. The average Bonchev–Trinajstić information content (AvgIpc) is 3.08. The van der Waals surface area contributed by atoms with Crippen LogP contribution in [-0.4, -0.2) is 42.5 Å². The van der Waals surface area contributed by atoms with E-state index in [1.807, 2.05) is 30.3 Å². The highest BCUT2D eigenvalue weighted by atomic mass is 35.5. The van der Waals surface area contributed by atoms with Gasteiger partial charge in [-0.3, -0.25) is 4.79 Å². The molecule has 1 aliphatic rings. The van der Waals surface area contributed by atoms with E-state index in [2.05, 4.69) is 0 Å². The molecule has 5 nitrogen and oxygen atoms in total. The minimum atomic E-state index is -3.71. The molecule has 1 saturated heterocycles. The number of rotatable bonds is 4. The molecular weight excluding hydrogens is 348 g/mol. The molecule has 1 fully saturated rings. The summed E-state index contributed by atoms with van der Waals surface area (Å²) in [5.41, 5.74) is 0.743. The Labute approximate surface area is 146 Å². The Hall–Kier alpha value is -1.89. The molecular formula is C17H17ClN2O3S. The fourth-order valence-corrected chi connectivity index (χ4v) is 4.64. The summed E-state index contributed by atoms with van der Waals surface area (Å²) in [6.45, 7) is 0.552. The van der Waals surface area contributed by atoms with Crippen molar-refractivity contribution in [2.45, 2.75) is 11.1 Å². The predicted molar refractivity (Wildman–Crippen MR) is 91.9 cm³/mol. The number of carbonyl (C=O) groups excluding carboxylic acids is 1. The van der Waals surface area contributed by atoms with Crippen LogP contribution in [0.5, 0.6) is 0 Å². The average molecular weight is 365 g/mol. The molecule has 2 aromatic rings. The van der Waals surface area contributed by atoms with E-state index < -0.39 is 16.2 Å². The van der Waals surface area contributed by atoms with E-state index in [1.165, 1.54) is 9.21 Å². The van der Waals surface area contributed by atoms with E-state index in [9.17, 15) is 13.2 Å². The molecule has 24 heavy (non-hydrogen) atoms. The first kappa shape index (κ1) is 17.0. The van der Waals surface area contributed by atoms with Gasteiger partial charge < -0.3 is 4.90 Å². The van der Waals surface area contributed by atoms with Gasteiger partial charge in [-0.25, -0.2) is 8.42 Å². The van der Waals surface area contributed by atoms with Crippen molar-refractivity contribution in [1.29, 1.82) is 0 Å². The second kappa shape index (κ2) is 6.93. The van der Waals surface area contributed by atoms with Crippen molar-refractivity contribution < 1.29 is 13.2 Å². The van der Waals surface area contributed by atoms with E-state index in [1.54, 1.807) is 30.3 Å². The Morgan fingerprint density at radius 3 is 2.17 bits per heavy atom. The molecule has 126 valence electrons. The largest absolute Gasteiger partial charge is 0.319 e. The zero-order chi connectivity index (χ0) is 17.2. The van der Waals surface area contributed by atoms with E-state index >= 15 is 0 Å². The van der Waals surface area contributed by atoms with Crippen LogP contribution in [0.3, 0.4) is 0 Å². The van der Waals surface area contributed by atoms with E-state index in [-0.39, 0.29) is 23.2 Å². The molecule has 3 rings (SSSR count). The quantitative estimate of drug-likeness (QED) is 0.783. The third kappa shape index (κ3) is 3.05. The van der Waals surface area contributed by atoms with Crippen molar-refractivity contribution in [2.75, 3.05) is 19.0 Å². The highest BCUT2D eigenvalue weighted by Gasteiger charge is 2.42. The lowest BCUT2D eigenvalue weighted by Gasteiger charge is -2.29. The summed E-state index contributed by atoms with van der Waals surface area (Å²) < 4.78 is 27.4. The van der Waals surface area contributed by atoms with Gasteiger partial charge >= 0.3 is 0 Å². The van der Waals surface area contributed by atoms with Crippen LogP contribution in [0.1, 0.15) is 11.7 Å². The summed E-state index contributed by atoms with van der Waals surface area (Å²) >= 11 is 5.70. The van der Waals surface area contributed by atoms with Crippen molar-refractivity contribution >= 4 is 27.5 Å². The highest BCUT2D eigenvalue weighted by molar-refractivity contribution is 7.89. The first-order chi connectivity index (χ1) is 11.6. The molecule has 7 heteroatoms. The number of amides is 1. The first-order valence-corrected chi connectivity index (χ1v) is 9.50. The van der Waals surface area contributed by atoms with Crippen molar-refractivity contribution in [2.24, 2.45) is 0 Å². The Bertz CT molecular complexity index is 812. The van der Waals surface area contributed by atoms with E-state index in [0.717, 1.165) is 5.56 Å². The molecule has 1 heterocycles. The number of benzene rings is 2. The zero-order valence-corrected chi connectivity index (χ0v) is 14.4. The Morgan fingerprint density at radius 1 is 1.00 bits per heavy atom. The number of alkyl halides is 1. The van der Waals surface area contributed by atoms with Crippen molar-refractivity contribution in [1.82, 2.24) is 9.21 Å². The van der Waals surface area contributed by atoms with Crippen LogP contribution in [0.4, 0.5) is 0 Å². The van der Waals surface area contributed by atoms with Gasteiger partial charge in [0.15, 0.2) is 0 Å². The highest BCUT2D eigenvalue weighted by Crippen LogP contribution is 2.34. The van der Waals surface area contributed by atoms with Crippen molar-refractivity contribution in [3.63, 3.8) is 0 Å². The summed E-state index contributed by atoms with van der Waals surface area (Å²) in [6.07, 6.45) is -0.678. The van der Waals surface area contributed by atoms with Gasteiger partial charge in [-0.2, -0.15) is 4.31 Å². The lowest BCUT2D eigenvalue weighted by atomic mass is 10.1. The lowest BCUT2D eigenvalue weighted by molar-refractivity contribution is -0.130. The van der Waals surface area contributed by atoms with E-state index in [4.69, 9.17) is 11.6 Å². The molecule has 0 N–H and O–H groups in total. The van der Waals surface area contributed by atoms with Gasteiger partial charge in [0.1, 0.15) is 12.0 Å². The van der Waals surface area contributed by atoms with E-state index in [0.29, 0.717) is 6.54 Å². The maximum atomic E-state index is 13.0. The van der Waals surface area contributed by atoms with Crippen molar-refractivity contribution in [3.05, 3.63) is 66.2 Å². The molecule has 1 aliphatic heterocycles. The molecule has 0 aromatic heterocycles. The summed E-state index contributed by atoms with van der Waals surface area (Å²) in [6, 6.07) is 17.4. The molecule has 0 spiro atoms. The number of sulfonamides is 1. The molecule has 1 amide bonds. The number of hydrogen-bond donors (Lipinski definition) is 0. The van der Waals surface area contributed by atoms with Gasteiger partial charge in [0.25, 0.3) is 0 Å². The molecule has 0 radical (unpaired) electrons. The lowest BCUT2D eigenvalue weighted by Crippen LogP contribution is -2.38. The predicted octanol–water partition coefficient (Wildman–Crippen LogP) is 2.46. The van der Waals surface area contributed by atoms with Crippen LogP contribution < -0.4 is 0 Å². The van der Waals surface area contributed by atoms with Gasteiger partial charge in [-0.15, -0.1) is 11.6 Å². The summed E-state index contributed by atoms with van der Waals surface area (Å²) in [7, 11) is -3.71. The molecule has 0 bridgehead atoms.